The fourth-order valence-electron chi connectivity index (χ4n) is 1.74. The van der Waals surface area contributed by atoms with Crippen LogP contribution in [-0.2, 0) is 28.1 Å². The lowest BCUT2D eigenvalue weighted by atomic mass is 10.0. The molecule has 2 N–H and O–H groups in total. The van der Waals surface area contributed by atoms with Gasteiger partial charge >= 0.3 is 0 Å². The van der Waals surface area contributed by atoms with E-state index in [2.05, 4.69) is 5.10 Å². The Kier molecular flexibility index (Phi) is 3.57. The van der Waals surface area contributed by atoms with Crippen molar-refractivity contribution in [2.24, 2.45) is 7.05 Å². The molecule has 0 bridgehead atoms. The van der Waals surface area contributed by atoms with Gasteiger partial charge in [-0.05, 0) is 20.3 Å². The molecule has 0 saturated heterocycles. The number of aromatic nitrogens is 2. The van der Waals surface area contributed by atoms with Crippen LogP contribution in [0.1, 0.15) is 38.4 Å². The van der Waals surface area contributed by atoms with E-state index in [9.17, 15) is 8.42 Å². The predicted octanol–water partition coefficient (Wildman–Crippen LogP) is 1.23. The highest BCUT2D eigenvalue weighted by atomic mass is 32.2. The van der Waals surface area contributed by atoms with E-state index in [4.69, 9.17) is 5.73 Å². The second-order valence-corrected chi connectivity index (χ2v) is 7.43. The molecule has 1 rings (SSSR count). The SMILES string of the molecule is CCCc1c(C(C)(C)S(C)(=O)=O)nn(C)c1N. The van der Waals surface area contributed by atoms with Gasteiger partial charge in [0.05, 0.1) is 5.69 Å². The molecular formula is C11H21N3O2S. The average molecular weight is 259 g/mol. The molecule has 0 unspecified atom stereocenters. The number of nitrogens with zero attached hydrogens (tertiary/aromatic N) is 2. The molecule has 17 heavy (non-hydrogen) atoms. The van der Waals surface area contributed by atoms with Crippen LogP contribution >= 0.6 is 0 Å². The Hall–Kier alpha value is -1.04. The zero-order chi connectivity index (χ0) is 13.4. The maximum absolute atomic E-state index is 11.8. The highest BCUT2D eigenvalue weighted by Crippen LogP contribution is 2.33. The van der Waals surface area contributed by atoms with Crippen molar-refractivity contribution in [2.45, 2.75) is 38.4 Å². The molecule has 1 heterocycles. The summed E-state index contributed by atoms with van der Waals surface area (Å²) < 4.78 is 24.2. The minimum Gasteiger partial charge on any atom is -0.384 e. The topological polar surface area (TPSA) is 78.0 Å². The van der Waals surface area contributed by atoms with Crippen molar-refractivity contribution < 1.29 is 8.42 Å². The number of aryl methyl sites for hydroxylation is 1. The van der Waals surface area contributed by atoms with Crippen molar-refractivity contribution in [3.8, 4) is 0 Å². The van der Waals surface area contributed by atoms with Gasteiger partial charge in [-0.2, -0.15) is 5.10 Å². The lowest BCUT2D eigenvalue weighted by Crippen LogP contribution is -2.30. The quantitative estimate of drug-likeness (QED) is 0.882. The van der Waals surface area contributed by atoms with Gasteiger partial charge in [-0.25, -0.2) is 8.42 Å². The monoisotopic (exact) mass is 259 g/mol. The van der Waals surface area contributed by atoms with Crippen LogP contribution in [0.5, 0.6) is 0 Å². The molecule has 0 atom stereocenters. The van der Waals surface area contributed by atoms with Gasteiger partial charge in [0, 0.05) is 18.9 Å². The lowest BCUT2D eigenvalue weighted by Gasteiger charge is -2.21. The minimum absolute atomic E-state index is 0.554. The maximum Gasteiger partial charge on any atom is 0.158 e. The third kappa shape index (κ3) is 2.31. The molecule has 0 amide bonds. The molecular weight excluding hydrogens is 238 g/mol. The van der Waals surface area contributed by atoms with Gasteiger partial charge in [0.1, 0.15) is 10.6 Å². The summed E-state index contributed by atoms with van der Waals surface area (Å²) in [5.41, 5.74) is 7.36. The summed E-state index contributed by atoms with van der Waals surface area (Å²) in [5.74, 6) is 0.554. The molecule has 6 heteroatoms. The Balaban J connectivity index is 3.46. The van der Waals surface area contributed by atoms with E-state index in [1.807, 2.05) is 6.92 Å². The third-order valence-corrected chi connectivity index (χ3v) is 5.24. The van der Waals surface area contributed by atoms with E-state index in [1.54, 1.807) is 25.6 Å². The van der Waals surface area contributed by atoms with Gasteiger partial charge in [-0.1, -0.05) is 13.3 Å². The molecule has 0 spiro atoms. The van der Waals surface area contributed by atoms with E-state index in [1.165, 1.54) is 6.26 Å². The number of hydrogen-bond acceptors (Lipinski definition) is 4. The average Bonchev–Trinajstić information content (AvgIpc) is 2.45. The van der Waals surface area contributed by atoms with E-state index in [-0.39, 0.29) is 0 Å². The van der Waals surface area contributed by atoms with E-state index < -0.39 is 14.6 Å². The number of anilines is 1. The lowest BCUT2D eigenvalue weighted by molar-refractivity contribution is 0.550. The van der Waals surface area contributed by atoms with Crippen molar-refractivity contribution in [1.29, 1.82) is 0 Å². The molecule has 0 fully saturated rings. The van der Waals surface area contributed by atoms with Crippen molar-refractivity contribution >= 4 is 15.7 Å². The largest absolute Gasteiger partial charge is 0.384 e. The van der Waals surface area contributed by atoms with Gasteiger partial charge in [0.15, 0.2) is 9.84 Å². The summed E-state index contributed by atoms with van der Waals surface area (Å²) in [5, 5.41) is 4.28. The molecule has 0 saturated carbocycles. The summed E-state index contributed by atoms with van der Waals surface area (Å²) in [7, 11) is -1.50. The first-order chi connectivity index (χ1) is 7.63. The van der Waals surface area contributed by atoms with Crippen molar-refractivity contribution in [3.05, 3.63) is 11.3 Å². The molecule has 98 valence electrons. The van der Waals surface area contributed by atoms with E-state index in [0.29, 0.717) is 11.5 Å². The summed E-state index contributed by atoms with van der Waals surface area (Å²) in [6.45, 7) is 5.37. The summed E-state index contributed by atoms with van der Waals surface area (Å²) in [6, 6.07) is 0. The van der Waals surface area contributed by atoms with E-state index >= 15 is 0 Å². The smallest absolute Gasteiger partial charge is 0.158 e. The zero-order valence-electron chi connectivity index (χ0n) is 11.1. The Morgan fingerprint density at radius 1 is 1.41 bits per heavy atom. The zero-order valence-corrected chi connectivity index (χ0v) is 11.9. The molecule has 0 radical (unpaired) electrons. The Morgan fingerprint density at radius 2 is 1.94 bits per heavy atom. The Bertz CT molecular complexity index is 515. The molecule has 0 aliphatic heterocycles. The standard InChI is InChI=1S/C11H21N3O2S/c1-6-7-8-9(13-14(4)10(8)12)11(2,3)17(5,15)16/h6-7,12H2,1-5H3. The molecule has 0 aliphatic rings. The van der Waals surface area contributed by atoms with Gasteiger partial charge in [-0.3, -0.25) is 4.68 Å². The van der Waals surface area contributed by atoms with Crippen molar-refractivity contribution in [3.63, 3.8) is 0 Å². The summed E-state index contributed by atoms with van der Waals surface area (Å²) >= 11 is 0. The van der Waals surface area contributed by atoms with Crippen molar-refractivity contribution in [1.82, 2.24) is 9.78 Å². The van der Waals surface area contributed by atoms with E-state index in [0.717, 1.165) is 18.4 Å². The minimum atomic E-state index is -3.23. The number of nitrogen functional groups attached to an aromatic ring is 1. The molecule has 1 aromatic rings. The van der Waals surface area contributed by atoms with Crippen LogP contribution < -0.4 is 5.73 Å². The summed E-state index contributed by atoms with van der Waals surface area (Å²) in [6.07, 6.45) is 2.88. The normalized spacial score (nSPS) is 13.0. The Morgan fingerprint density at radius 3 is 2.35 bits per heavy atom. The summed E-state index contributed by atoms with van der Waals surface area (Å²) in [4.78, 5) is 0. The first-order valence-electron chi connectivity index (χ1n) is 5.64. The Labute approximate surface area is 103 Å². The van der Waals surface area contributed by atoms with Crippen LogP contribution in [0.4, 0.5) is 5.82 Å². The second kappa shape index (κ2) is 4.33. The van der Waals surface area contributed by atoms with Gasteiger partial charge in [-0.15, -0.1) is 0 Å². The highest BCUT2D eigenvalue weighted by molar-refractivity contribution is 7.91. The number of nitrogens with two attached hydrogens (primary N) is 1. The van der Waals surface area contributed by atoms with Gasteiger partial charge < -0.3 is 5.73 Å². The molecule has 5 nitrogen and oxygen atoms in total. The first kappa shape index (κ1) is 14.0. The van der Waals surface area contributed by atoms with Crippen LogP contribution in [0.3, 0.4) is 0 Å². The number of rotatable bonds is 4. The van der Waals surface area contributed by atoms with Crippen LogP contribution in [0.2, 0.25) is 0 Å². The number of sulfone groups is 1. The van der Waals surface area contributed by atoms with Crippen LogP contribution in [0.25, 0.3) is 0 Å². The van der Waals surface area contributed by atoms with Crippen molar-refractivity contribution in [2.75, 3.05) is 12.0 Å². The van der Waals surface area contributed by atoms with Gasteiger partial charge in [0.25, 0.3) is 0 Å². The maximum atomic E-state index is 11.8. The van der Waals surface area contributed by atoms with Crippen LogP contribution in [0.15, 0.2) is 0 Å². The van der Waals surface area contributed by atoms with Crippen LogP contribution in [-0.4, -0.2) is 24.5 Å². The predicted molar refractivity (Wildman–Crippen MR) is 69.5 cm³/mol. The number of hydrogen-bond donors (Lipinski definition) is 1. The first-order valence-corrected chi connectivity index (χ1v) is 7.53. The van der Waals surface area contributed by atoms with Crippen LogP contribution in [0, 0.1) is 0 Å². The van der Waals surface area contributed by atoms with Gasteiger partial charge in [0.2, 0.25) is 0 Å². The molecule has 0 aliphatic carbocycles. The fourth-order valence-corrected chi connectivity index (χ4v) is 2.25. The molecule has 0 aromatic carbocycles. The molecule has 1 aromatic heterocycles. The highest BCUT2D eigenvalue weighted by Gasteiger charge is 2.37. The second-order valence-electron chi connectivity index (χ2n) is 4.87. The third-order valence-electron chi connectivity index (χ3n) is 3.19. The fraction of sp³-hybridized carbons (Fsp3) is 0.727.